The summed E-state index contributed by atoms with van der Waals surface area (Å²) < 4.78 is 2.01. The maximum absolute atomic E-state index is 10.9. The molecule has 1 aromatic heterocycles. The lowest BCUT2D eigenvalue weighted by Gasteiger charge is -2.24. The smallest absolute Gasteiger partial charge is 0.356 e. The molecule has 0 saturated carbocycles. The van der Waals surface area contributed by atoms with Gasteiger partial charge in [0.2, 0.25) is 0 Å². The van der Waals surface area contributed by atoms with Crippen LogP contribution in [0.1, 0.15) is 28.4 Å². The third kappa shape index (κ3) is 1.63. The number of likely N-dealkylation sites (N-methyl/N-ethyl adjacent to an activating group) is 1. The van der Waals surface area contributed by atoms with Gasteiger partial charge in [-0.2, -0.15) is 0 Å². The van der Waals surface area contributed by atoms with Crippen LogP contribution in [0.2, 0.25) is 0 Å². The van der Waals surface area contributed by atoms with E-state index in [1.807, 2.05) is 18.5 Å². The first-order valence-corrected chi connectivity index (χ1v) is 5.10. The van der Waals surface area contributed by atoms with Crippen molar-refractivity contribution in [1.82, 2.24) is 14.9 Å². The van der Waals surface area contributed by atoms with Gasteiger partial charge in [-0.3, -0.25) is 0 Å². The number of fused-ring (bicyclic) bond motifs is 1. The van der Waals surface area contributed by atoms with E-state index in [1.54, 1.807) is 0 Å². The van der Waals surface area contributed by atoms with E-state index in [1.165, 1.54) is 0 Å². The minimum absolute atomic E-state index is 0.224. The van der Waals surface area contributed by atoms with Crippen molar-refractivity contribution in [2.75, 3.05) is 7.05 Å². The molecule has 5 heteroatoms. The molecule has 0 aromatic carbocycles. The maximum Gasteiger partial charge on any atom is 0.356 e. The summed E-state index contributed by atoms with van der Waals surface area (Å²) in [5.74, 6) is -0.128. The van der Waals surface area contributed by atoms with Gasteiger partial charge < -0.3 is 15.0 Å². The van der Waals surface area contributed by atoms with Crippen molar-refractivity contribution in [3.8, 4) is 0 Å². The summed E-state index contributed by atoms with van der Waals surface area (Å²) in [4.78, 5) is 15.0. The van der Waals surface area contributed by atoms with Crippen molar-refractivity contribution in [3.05, 3.63) is 17.2 Å². The molecule has 0 fully saturated rings. The number of imidazole rings is 1. The van der Waals surface area contributed by atoms with Crippen LogP contribution in [0.15, 0.2) is 0 Å². The second-order valence-electron chi connectivity index (χ2n) is 3.89. The predicted molar refractivity (Wildman–Crippen MR) is 55.1 cm³/mol. The Kier molecular flexibility index (Phi) is 2.48. The Labute approximate surface area is 88.1 Å². The molecule has 82 valence electrons. The molecule has 1 unspecified atom stereocenters. The van der Waals surface area contributed by atoms with Gasteiger partial charge in [-0.05, 0) is 26.8 Å². The molecule has 1 aliphatic heterocycles. The van der Waals surface area contributed by atoms with Crippen molar-refractivity contribution >= 4 is 5.97 Å². The molecule has 1 aromatic rings. The molecular weight excluding hydrogens is 194 g/mol. The summed E-state index contributed by atoms with van der Waals surface area (Å²) in [5, 5.41) is 12.2. The number of aromatic nitrogens is 2. The number of carboxylic acid groups (broad SMARTS) is 1. The first-order chi connectivity index (χ1) is 7.13. The molecule has 0 radical (unpaired) electrons. The van der Waals surface area contributed by atoms with E-state index < -0.39 is 5.97 Å². The van der Waals surface area contributed by atoms with Gasteiger partial charge in [0.1, 0.15) is 5.82 Å². The highest BCUT2D eigenvalue weighted by atomic mass is 16.4. The van der Waals surface area contributed by atoms with Gasteiger partial charge in [-0.1, -0.05) is 0 Å². The topological polar surface area (TPSA) is 67.2 Å². The Morgan fingerprint density at radius 2 is 2.40 bits per heavy atom. The van der Waals surface area contributed by atoms with Crippen LogP contribution in [-0.4, -0.2) is 33.7 Å². The average Bonchev–Trinajstić information content (AvgIpc) is 2.56. The second kappa shape index (κ2) is 3.66. The van der Waals surface area contributed by atoms with Crippen LogP contribution in [0.25, 0.3) is 0 Å². The van der Waals surface area contributed by atoms with Crippen LogP contribution in [0.5, 0.6) is 0 Å². The zero-order valence-corrected chi connectivity index (χ0v) is 8.95. The second-order valence-corrected chi connectivity index (χ2v) is 3.89. The number of aryl methyl sites for hydroxylation is 1. The van der Waals surface area contributed by atoms with Gasteiger partial charge >= 0.3 is 5.97 Å². The van der Waals surface area contributed by atoms with E-state index in [-0.39, 0.29) is 5.69 Å². The lowest BCUT2D eigenvalue weighted by Crippen LogP contribution is -2.35. The van der Waals surface area contributed by atoms with Gasteiger partial charge in [0.05, 0.1) is 5.69 Å². The minimum Gasteiger partial charge on any atom is -0.476 e. The fraction of sp³-hybridized carbons (Fsp3) is 0.600. The van der Waals surface area contributed by atoms with Crippen LogP contribution in [-0.2, 0) is 13.0 Å². The molecule has 0 aliphatic carbocycles. The minimum atomic E-state index is -0.922. The molecule has 1 atom stereocenters. The quantitative estimate of drug-likeness (QED) is 0.741. The molecule has 2 rings (SSSR count). The zero-order chi connectivity index (χ0) is 11.0. The Morgan fingerprint density at radius 1 is 1.67 bits per heavy atom. The summed E-state index contributed by atoms with van der Waals surface area (Å²) in [6.45, 7) is 2.67. The van der Waals surface area contributed by atoms with Crippen molar-refractivity contribution in [2.45, 2.75) is 32.4 Å². The van der Waals surface area contributed by atoms with Gasteiger partial charge in [-0.15, -0.1) is 0 Å². The monoisotopic (exact) mass is 209 g/mol. The van der Waals surface area contributed by atoms with Crippen molar-refractivity contribution in [1.29, 1.82) is 0 Å². The molecule has 0 amide bonds. The largest absolute Gasteiger partial charge is 0.476 e. The number of hydrogen-bond donors (Lipinski definition) is 2. The standard InChI is InChI=1S/C10H15N3O2/c1-6-12-9(10(14)15)8-4-3-7(11-2)5-13(6)8/h7,11H,3-5H2,1-2H3,(H,14,15). The lowest BCUT2D eigenvalue weighted by molar-refractivity contribution is 0.0689. The summed E-state index contributed by atoms with van der Waals surface area (Å²) in [7, 11) is 1.93. The van der Waals surface area contributed by atoms with Gasteiger partial charge in [-0.25, -0.2) is 9.78 Å². The van der Waals surface area contributed by atoms with Crippen LogP contribution in [0, 0.1) is 6.92 Å². The Morgan fingerprint density at radius 3 is 3.00 bits per heavy atom. The Hall–Kier alpha value is -1.36. The number of rotatable bonds is 2. The first kappa shape index (κ1) is 10.2. The lowest BCUT2D eigenvalue weighted by atomic mass is 10.0. The summed E-state index contributed by atoms with van der Waals surface area (Å²) in [6.07, 6.45) is 1.76. The summed E-state index contributed by atoms with van der Waals surface area (Å²) in [5.41, 5.74) is 1.09. The number of nitrogens with one attached hydrogen (secondary N) is 1. The molecule has 0 bridgehead atoms. The molecule has 2 N–H and O–H groups in total. The highest BCUT2D eigenvalue weighted by Gasteiger charge is 2.25. The normalized spacial score (nSPS) is 20.0. The fourth-order valence-corrected chi connectivity index (χ4v) is 2.14. The maximum atomic E-state index is 10.9. The van der Waals surface area contributed by atoms with Crippen molar-refractivity contribution in [3.63, 3.8) is 0 Å². The van der Waals surface area contributed by atoms with Crippen molar-refractivity contribution < 1.29 is 9.90 Å². The molecule has 1 aliphatic rings. The Bertz CT molecular complexity index is 398. The number of carbonyl (C=O) groups is 1. The molecule has 0 saturated heterocycles. The third-order valence-electron chi connectivity index (χ3n) is 3.01. The number of carboxylic acids is 1. The molecule has 15 heavy (non-hydrogen) atoms. The van der Waals surface area contributed by atoms with E-state index in [0.717, 1.165) is 30.9 Å². The number of hydrogen-bond acceptors (Lipinski definition) is 3. The Balaban J connectivity index is 2.40. The van der Waals surface area contributed by atoms with E-state index in [9.17, 15) is 4.79 Å². The first-order valence-electron chi connectivity index (χ1n) is 5.10. The molecular formula is C10H15N3O2. The van der Waals surface area contributed by atoms with E-state index in [4.69, 9.17) is 5.11 Å². The van der Waals surface area contributed by atoms with Gasteiger partial charge in [0.15, 0.2) is 5.69 Å². The average molecular weight is 209 g/mol. The highest BCUT2D eigenvalue weighted by molar-refractivity contribution is 5.86. The van der Waals surface area contributed by atoms with Crippen LogP contribution in [0.3, 0.4) is 0 Å². The van der Waals surface area contributed by atoms with Crippen LogP contribution >= 0.6 is 0 Å². The summed E-state index contributed by atoms with van der Waals surface area (Å²) >= 11 is 0. The fourth-order valence-electron chi connectivity index (χ4n) is 2.14. The van der Waals surface area contributed by atoms with Crippen molar-refractivity contribution in [2.24, 2.45) is 0 Å². The predicted octanol–water partition coefficient (Wildman–Crippen LogP) is 0.424. The van der Waals surface area contributed by atoms with Gasteiger partial charge in [0.25, 0.3) is 0 Å². The van der Waals surface area contributed by atoms with Gasteiger partial charge in [0, 0.05) is 12.6 Å². The summed E-state index contributed by atoms with van der Waals surface area (Å²) in [6, 6.07) is 0.423. The van der Waals surface area contributed by atoms with Crippen LogP contribution < -0.4 is 5.32 Å². The number of nitrogens with zero attached hydrogens (tertiary/aromatic N) is 2. The molecule has 0 spiro atoms. The van der Waals surface area contributed by atoms with E-state index >= 15 is 0 Å². The highest BCUT2D eigenvalue weighted by Crippen LogP contribution is 2.20. The SMILES string of the molecule is CNC1CCc2c(C(=O)O)nc(C)n2C1. The zero-order valence-electron chi connectivity index (χ0n) is 8.95. The third-order valence-corrected chi connectivity index (χ3v) is 3.01. The van der Waals surface area contributed by atoms with E-state index in [2.05, 4.69) is 10.3 Å². The molecule has 2 heterocycles. The molecule has 5 nitrogen and oxygen atoms in total. The van der Waals surface area contributed by atoms with Crippen LogP contribution in [0.4, 0.5) is 0 Å². The number of aromatic carboxylic acids is 1. The van der Waals surface area contributed by atoms with E-state index in [0.29, 0.717) is 6.04 Å².